The van der Waals surface area contributed by atoms with Crippen LogP contribution >= 0.6 is 0 Å². The third-order valence-corrected chi connectivity index (χ3v) is 1.74. The molecule has 0 saturated heterocycles. The van der Waals surface area contributed by atoms with Crippen LogP contribution in [0.3, 0.4) is 0 Å². The van der Waals surface area contributed by atoms with Crippen LogP contribution in [0.15, 0.2) is 0 Å². The summed E-state index contributed by atoms with van der Waals surface area (Å²) in [5.41, 5.74) is 5.04. The van der Waals surface area contributed by atoms with Crippen LogP contribution in [0.2, 0.25) is 0 Å². The molecule has 0 radical (unpaired) electrons. The normalized spacial score (nSPS) is 12.7. The van der Waals surface area contributed by atoms with Crippen LogP contribution < -0.4 is 11.1 Å². The maximum absolute atomic E-state index is 10.8. The van der Waals surface area contributed by atoms with E-state index in [2.05, 4.69) is 5.32 Å². The first kappa shape index (κ1) is 10.9. The molecule has 0 aliphatic heterocycles. The van der Waals surface area contributed by atoms with E-state index in [0.717, 1.165) is 0 Å². The molecule has 0 rings (SSSR count). The highest BCUT2D eigenvalue weighted by molar-refractivity contribution is 5.81. The number of hydrogen-bond acceptors (Lipinski definition) is 3. The molecule has 0 aliphatic rings. The van der Waals surface area contributed by atoms with Gasteiger partial charge in [-0.15, -0.1) is 0 Å². The molecule has 3 N–H and O–H groups in total. The van der Waals surface area contributed by atoms with Crippen LogP contribution in [0.5, 0.6) is 0 Å². The molecule has 0 aromatic rings. The van der Waals surface area contributed by atoms with Crippen molar-refractivity contribution in [3.8, 4) is 0 Å². The van der Waals surface area contributed by atoms with Crippen molar-refractivity contribution < 1.29 is 9.59 Å². The molecule has 0 aliphatic carbocycles. The number of carbonyl (C=O) groups excluding carboxylic acids is 2. The van der Waals surface area contributed by atoms with Crippen LogP contribution in [0.4, 0.5) is 0 Å². The van der Waals surface area contributed by atoms with Gasteiger partial charge < -0.3 is 11.1 Å². The van der Waals surface area contributed by atoms with Crippen LogP contribution in [0, 0.1) is 0 Å². The molecule has 70 valence electrons. The predicted octanol–water partition coefficient (Wildman–Crippen LogP) is -1.46. The summed E-state index contributed by atoms with van der Waals surface area (Å²) < 4.78 is 0. The van der Waals surface area contributed by atoms with Gasteiger partial charge in [-0.25, -0.2) is 0 Å². The van der Waals surface area contributed by atoms with E-state index in [1.54, 1.807) is 25.9 Å². The van der Waals surface area contributed by atoms with Crippen LogP contribution in [0.25, 0.3) is 0 Å². The fourth-order valence-corrected chi connectivity index (χ4v) is 0.660. The summed E-state index contributed by atoms with van der Waals surface area (Å²) in [6, 6.07) is -0.415. The smallest absolute Gasteiger partial charge is 0.234 e. The summed E-state index contributed by atoms with van der Waals surface area (Å²) in [5.74, 6) is -0.563. The van der Waals surface area contributed by atoms with E-state index < -0.39 is 11.9 Å². The molecule has 0 fully saturated rings. The van der Waals surface area contributed by atoms with Crippen molar-refractivity contribution in [2.24, 2.45) is 5.73 Å². The number of likely N-dealkylation sites (N-methyl/N-ethyl adjacent to an activating group) is 2. The zero-order valence-electron chi connectivity index (χ0n) is 7.63. The Morgan fingerprint density at radius 2 is 2.08 bits per heavy atom. The van der Waals surface area contributed by atoms with Gasteiger partial charge in [-0.1, -0.05) is 0 Å². The monoisotopic (exact) mass is 173 g/mol. The number of nitrogens with two attached hydrogens (primary N) is 1. The maximum atomic E-state index is 10.8. The third kappa shape index (κ3) is 3.34. The fraction of sp³-hybridized carbons (Fsp3) is 0.714. The number of carbonyl (C=O) groups is 2. The lowest BCUT2D eigenvalue weighted by atomic mass is 10.3. The number of nitrogens with zero attached hydrogens (tertiary/aromatic N) is 1. The van der Waals surface area contributed by atoms with Crippen molar-refractivity contribution in [2.45, 2.75) is 13.0 Å². The maximum Gasteiger partial charge on any atom is 0.234 e. The molecule has 5 heteroatoms. The molecular formula is C7H15N3O2. The van der Waals surface area contributed by atoms with E-state index in [1.165, 1.54) is 0 Å². The van der Waals surface area contributed by atoms with E-state index in [0.29, 0.717) is 0 Å². The first-order chi connectivity index (χ1) is 5.49. The highest BCUT2D eigenvalue weighted by atomic mass is 16.2. The van der Waals surface area contributed by atoms with Crippen LogP contribution in [-0.2, 0) is 9.59 Å². The molecule has 0 aromatic carbocycles. The van der Waals surface area contributed by atoms with Crippen LogP contribution in [0.1, 0.15) is 6.92 Å². The molecule has 2 amide bonds. The van der Waals surface area contributed by atoms with Gasteiger partial charge in [0.25, 0.3) is 0 Å². The molecule has 1 atom stereocenters. The Balaban J connectivity index is 3.94. The first-order valence-corrected chi connectivity index (χ1v) is 3.69. The SMILES string of the molecule is CNC(=O)CN(C)C(C)C(N)=O. The van der Waals surface area contributed by atoms with Gasteiger partial charge in [0.15, 0.2) is 0 Å². The average Bonchev–Trinajstić information content (AvgIpc) is 2.02. The largest absolute Gasteiger partial charge is 0.368 e. The van der Waals surface area contributed by atoms with Gasteiger partial charge in [-0.05, 0) is 14.0 Å². The molecule has 0 aromatic heterocycles. The zero-order valence-corrected chi connectivity index (χ0v) is 7.63. The molecule has 1 unspecified atom stereocenters. The average molecular weight is 173 g/mol. The quantitative estimate of drug-likeness (QED) is 0.545. The Hall–Kier alpha value is -1.10. The molecule has 0 saturated carbocycles. The molecule has 0 spiro atoms. The fourth-order valence-electron chi connectivity index (χ4n) is 0.660. The topological polar surface area (TPSA) is 75.4 Å². The van der Waals surface area contributed by atoms with Crippen molar-refractivity contribution in [1.29, 1.82) is 0 Å². The lowest BCUT2D eigenvalue weighted by Gasteiger charge is -2.20. The van der Waals surface area contributed by atoms with Crippen molar-refractivity contribution >= 4 is 11.8 Å². The van der Waals surface area contributed by atoms with E-state index >= 15 is 0 Å². The Kier molecular flexibility index (Phi) is 4.28. The Labute approximate surface area is 71.9 Å². The molecule has 5 nitrogen and oxygen atoms in total. The van der Waals surface area contributed by atoms with Gasteiger partial charge >= 0.3 is 0 Å². The summed E-state index contributed by atoms with van der Waals surface area (Å²) in [4.78, 5) is 23.1. The van der Waals surface area contributed by atoms with Gasteiger partial charge in [0, 0.05) is 7.05 Å². The first-order valence-electron chi connectivity index (χ1n) is 3.69. The number of hydrogen-bond donors (Lipinski definition) is 2. The van der Waals surface area contributed by atoms with Gasteiger partial charge in [0.2, 0.25) is 11.8 Å². The summed E-state index contributed by atoms with van der Waals surface area (Å²) in [7, 11) is 3.22. The van der Waals surface area contributed by atoms with Gasteiger partial charge in [0.1, 0.15) is 0 Å². The zero-order chi connectivity index (χ0) is 9.72. The third-order valence-electron chi connectivity index (χ3n) is 1.74. The van der Waals surface area contributed by atoms with Crippen molar-refractivity contribution in [2.75, 3.05) is 20.6 Å². The van der Waals surface area contributed by atoms with E-state index in [4.69, 9.17) is 5.73 Å². The molecule has 0 bridgehead atoms. The second-order valence-corrected chi connectivity index (χ2v) is 2.67. The van der Waals surface area contributed by atoms with Gasteiger partial charge in [0.05, 0.1) is 12.6 Å². The highest BCUT2D eigenvalue weighted by Crippen LogP contribution is 1.92. The lowest BCUT2D eigenvalue weighted by Crippen LogP contribution is -2.44. The van der Waals surface area contributed by atoms with Crippen molar-refractivity contribution in [3.05, 3.63) is 0 Å². The van der Waals surface area contributed by atoms with E-state index in [-0.39, 0.29) is 12.5 Å². The highest BCUT2D eigenvalue weighted by Gasteiger charge is 2.16. The molecular weight excluding hydrogens is 158 g/mol. The van der Waals surface area contributed by atoms with Crippen molar-refractivity contribution in [1.82, 2.24) is 10.2 Å². The minimum Gasteiger partial charge on any atom is -0.368 e. The van der Waals surface area contributed by atoms with Crippen molar-refractivity contribution in [3.63, 3.8) is 0 Å². The second-order valence-electron chi connectivity index (χ2n) is 2.67. The minimum absolute atomic E-state index is 0.134. The van der Waals surface area contributed by atoms with E-state index in [9.17, 15) is 9.59 Å². The van der Waals surface area contributed by atoms with E-state index in [1.807, 2.05) is 0 Å². The number of nitrogens with one attached hydrogen (secondary N) is 1. The van der Waals surface area contributed by atoms with Gasteiger partial charge in [-0.2, -0.15) is 0 Å². The number of primary amides is 1. The lowest BCUT2D eigenvalue weighted by molar-refractivity contribution is -0.125. The summed E-state index contributed by atoms with van der Waals surface area (Å²) in [6.45, 7) is 1.84. The Bertz CT molecular complexity index is 181. The molecule has 0 heterocycles. The minimum atomic E-state index is -0.429. The molecule has 12 heavy (non-hydrogen) atoms. The predicted molar refractivity (Wildman–Crippen MR) is 45.4 cm³/mol. The second kappa shape index (κ2) is 4.71. The standard InChI is InChI=1S/C7H15N3O2/c1-5(7(8)12)10(3)4-6(11)9-2/h5H,4H2,1-3H3,(H2,8,12)(H,9,11). The van der Waals surface area contributed by atoms with Crippen LogP contribution in [-0.4, -0.2) is 43.4 Å². The Morgan fingerprint density at radius 3 is 2.42 bits per heavy atom. The number of rotatable bonds is 4. The summed E-state index contributed by atoms with van der Waals surface area (Å²) in [5, 5.41) is 2.46. The Morgan fingerprint density at radius 1 is 1.58 bits per heavy atom. The summed E-state index contributed by atoms with van der Waals surface area (Å²) in [6.07, 6.45) is 0. The number of amides is 2. The summed E-state index contributed by atoms with van der Waals surface area (Å²) >= 11 is 0. The van der Waals surface area contributed by atoms with Gasteiger partial charge in [-0.3, -0.25) is 14.5 Å².